The average molecular weight is 241 g/mol. The van der Waals surface area contributed by atoms with Crippen LogP contribution in [0.15, 0.2) is 0 Å². The van der Waals surface area contributed by atoms with Gasteiger partial charge in [-0.25, -0.2) is 0 Å². The van der Waals surface area contributed by atoms with Crippen molar-refractivity contribution >= 4 is 11.9 Å². The van der Waals surface area contributed by atoms with Crippen molar-refractivity contribution in [3.05, 3.63) is 0 Å². The van der Waals surface area contributed by atoms with Crippen molar-refractivity contribution in [2.75, 3.05) is 6.61 Å². The normalized spacial score (nSPS) is 37.0. The number of carbonyl (C=O) groups excluding carboxylic acids is 1. The summed E-state index contributed by atoms with van der Waals surface area (Å²) < 4.78 is 5.29. The van der Waals surface area contributed by atoms with Gasteiger partial charge in [-0.15, -0.1) is 0 Å². The lowest BCUT2D eigenvalue weighted by molar-refractivity contribution is -0.149. The highest BCUT2D eigenvalue weighted by Gasteiger charge is 2.46. The van der Waals surface area contributed by atoms with E-state index in [0.717, 1.165) is 25.7 Å². The van der Waals surface area contributed by atoms with Crippen molar-refractivity contribution in [3.8, 4) is 0 Å². The molecule has 2 aliphatic rings. The molecule has 1 saturated carbocycles. The molecule has 2 fully saturated rings. The minimum atomic E-state index is -0.826. The molecule has 3 atom stereocenters. The van der Waals surface area contributed by atoms with Gasteiger partial charge in [0.15, 0.2) is 0 Å². The van der Waals surface area contributed by atoms with Crippen molar-refractivity contribution in [1.29, 1.82) is 0 Å². The van der Waals surface area contributed by atoms with Crippen LogP contribution in [0.3, 0.4) is 0 Å². The molecule has 0 aromatic rings. The first-order valence-electron chi connectivity index (χ1n) is 6.19. The zero-order valence-electron chi connectivity index (χ0n) is 10.1. The first-order valence-corrected chi connectivity index (χ1v) is 6.19. The Morgan fingerprint density at radius 3 is 2.71 bits per heavy atom. The van der Waals surface area contributed by atoms with Crippen LogP contribution in [0.5, 0.6) is 0 Å². The Balaban J connectivity index is 1.98. The minimum Gasteiger partial charge on any atom is -0.481 e. The molecule has 1 amide bonds. The number of carboxylic acids is 1. The highest BCUT2D eigenvalue weighted by Crippen LogP contribution is 2.38. The van der Waals surface area contributed by atoms with Crippen molar-refractivity contribution in [2.45, 2.75) is 51.2 Å². The number of carbonyl (C=O) groups is 2. The third kappa shape index (κ3) is 2.29. The molecule has 3 unspecified atom stereocenters. The Labute approximate surface area is 101 Å². The third-order valence-corrected chi connectivity index (χ3v) is 3.99. The number of ether oxygens (including phenoxy) is 1. The van der Waals surface area contributed by atoms with Gasteiger partial charge in [0.25, 0.3) is 0 Å². The molecule has 1 aliphatic heterocycles. The first-order chi connectivity index (χ1) is 8.04. The van der Waals surface area contributed by atoms with Gasteiger partial charge in [0.1, 0.15) is 6.10 Å². The third-order valence-electron chi connectivity index (χ3n) is 3.99. The molecule has 5 nitrogen and oxygen atoms in total. The van der Waals surface area contributed by atoms with E-state index in [9.17, 15) is 14.7 Å². The summed E-state index contributed by atoms with van der Waals surface area (Å²) in [4.78, 5) is 23.1. The first kappa shape index (κ1) is 12.4. The van der Waals surface area contributed by atoms with Gasteiger partial charge in [0.05, 0.1) is 5.41 Å². The molecule has 2 rings (SSSR count). The Hall–Kier alpha value is -1.10. The second-order valence-corrected chi connectivity index (χ2v) is 5.18. The standard InChI is InChI=1S/C12H19NO4/c1-12(11(15)16)6-2-5-9(12)13-10(14)8-4-3-7-17-8/h8-9H,2-7H2,1H3,(H,13,14)(H,15,16). The van der Waals surface area contributed by atoms with E-state index in [2.05, 4.69) is 5.32 Å². The summed E-state index contributed by atoms with van der Waals surface area (Å²) in [6.07, 6.45) is 3.47. The number of rotatable bonds is 3. The van der Waals surface area contributed by atoms with E-state index < -0.39 is 11.4 Å². The summed E-state index contributed by atoms with van der Waals surface area (Å²) >= 11 is 0. The molecule has 2 N–H and O–H groups in total. The highest BCUT2D eigenvalue weighted by molar-refractivity contribution is 5.83. The quantitative estimate of drug-likeness (QED) is 0.770. The van der Waals surface area contributed by atoms with Crippen molar-refractivity contribution < 1.29 is 19.4 Å². The SMILES string of the molecule is CC1(C(=O)O)CCCC1NC(=O)C1CCCO1. The summed E-state index contributed by atoms with van der Waals surface area (Å²) in [5.74, 6) is -0.977. The van der Waals surface area contributed by atoms with Crippen LogP contribution < -0.4 is 5.32 Å². The average Bonchev–Trinajstić information content (AvgIpc) is 2.89. The summed E-state index contributed by atoms with van der Waals surface area (Å²) in [6, 6.07) is -0.267. The lowest BCUT2D eigenvalue weighted by Gasteiger charge is -2.28. The molecule has 0 aromatic heterocycles. The van der Waals surface area contributed by atoms with Crippen molar-refractivity contribution in [1.82, 2.24) is 5.32 Å². The largest absolute Gasteiger partial charge is 0.481 e. The number of hydrogen-bond donors (Lipinski definition) is 2. The van der Waals surface area contributed by atoms with E-state index in [1.807, 2.05) is 0 Å². The van der Waals surface area contributed by atoms with Crippen LogP contribution >= 0.6 is 0 Å². The Kier molecular flexibility index (Phi) is 3.38. The molecule has 1 heterocycles. The predicted molar refractivity (Wildman–Crippen MR) is 60.5 cm³/mol. The fourth-order valence-corrected chi connectivity index (χ4v) is 2.70. The zero-order valence-corrected chi connectivity index (χ0v) is 10.1. The van der Waals surface area contributed by atoms with Gasteiger partial charge in [-0.1, -0.05) is 6.42 Å². The lowest BCUT2D eigenvalue weighted by atomic mass is 9.85. The molecule has 0 radical (unpaired) electrons. The maximum Gasteiger partial charge on any atom is 0.311 e. The molecular weight excluding hydrogens is 222 g/mol. The number of hydrogen-bond acceptors (Lipinski definition) is 3. The smallest absolute Gasteiger partial charge is 0.311 e. The predicted octanol–water partition coefficient (Wildman–Crippen LogP) is 0.925. The minimum absolute atomic E-state index is 0.151. The molecule has 0 bridgehead atoms. The highest BCUT2D eigenvalue weighted by atomic mass is 16.5. The van der Waals surface area contributed by atoms with Crippen LogP contribution in [0.4, 0.5) is 0 Å². The molecule has 1 saturated heterocycles. The maximum atomic E-state index is 11.9. The van der Waals surface area contributed by atoms with E-state index >= 15 is 0 Å². The lowest BCUT2D eigenvalue weighted by Crippen LogP contribution is -2.49. The zero-order chi connectivity index (χ0) is 12.5. The fraction of sp³-hybridized carbons (Fsp3) is 0.833. The number of nitrogens with one attached hydrogen (secondary N) is 1. The van der Waals surface area contributed by atoms with Gasteiger partial charge in [0, 0.05) is 12.6 Å². The Morgan fingerprint density at radius 1 is 1.35 bits per heavy atom. The summed E-state index contributed by atoms with van der Waals surface area (Å²) in [5, 5.41) is 12.1. The molecule has 1 aliphatic carbocycles. The Bertz CT molecular complexity index is 324. The summed E-state index contributed by atoms with van der Waals surface area (Å²) in [5.41, 5.74) is -0.825. The van der Waals surface area contributed by atoms with Gasteiger partial charge < -0.3 is 15.2 Å². The van der Waals surface area contributed by atoms with E-state index in [1.165, 1.54) is 0 Å². The second kappa shape index (κ2) is 4.64. The monoisotopic (exact) mass is 241 g/mol. The van der Waals surface area contributed by atoms with Gasteiger partial charge >= 0.3 is 5.97 Å². The molecule has 5 heteroatoms. The van der Waals surface area contributed by atoms with Crippen molar-refractivity contribution in [2.24, 2.45) is 5.41 Å². The molecule has 0 spiro atoms. The summed E-state index contributed by atoms with van der Waals surface area (Å²) in [6.45, 7) is 2.34. The number of amides is 1. The van der Waals surface area contributed by atoms with Crippen LogP contribution in [0, 0.1) is 5.41 Å². The number of aliphatic carboxylic acids is 1. The maximum absolute atomic E-state index is 11.9. The summed E-state index contributed by atoms with van der Waals surface area (Å²) in [7, 11) is 0. The molecular formula is C12H19NO4. The van der Waals surface area contributed by atoms with Crippen LogP contribution in [-0.2, 0) is 14.3 Å². The molecule has 96 valence electrons. The topological polar surface area (TPSA) is 75.6 Å². The van der Waals surface area contributed by atoms with E-state index in [4.69, 9.17) is 4.74 Å². The van der Waals surface area contributed by atoms with Crippen LogP contribution in [0.1, 0.15) is 39.0 Å². The van der Waals surface area contributed by atoms with Crippen molar-refractivity contribution in [3.63, 3.8) is 0 Å². The molecule has 17 heavy (non-hydrogen) atoms. The van der Waals surface area contributed by atoms with Gasteiger partial charge in [0.2, 0.25) is 5.91 Å². The van der Waals surface area contributed by atoms with Crippen LogP contribution in [0.2, 0.25) is 0 Å². The van der Waals surface area contributed by atoms with Crippen LogP contribution in [0.25, 0.3) is 0 Å². The number of carboxylic acid groups (broad SMARTS) is 1. The van der Waals surface area contributed by atoms with Gasteiger partial charge in [-0.2, -0.15) is 0 Å². The van der Waals surface area contributed by atoms with Gasteiger partial charge in [-0.05, 0) is 32.6 Å². The van der Waals surface area contributed by atoms with Crippen LogP contribution in [-0.4, -0.2) is 35.7 Å². The second-order valence-electron chi connectivity index (χ2n) is 5.18. The van der Waals surface area contributed by atoms with E-state index in [0.29, 0.717) is 13.0 Å². The fourth-order valence-electron chi connectivity index (χ4n) is 2.70. The van der Waals surface area contributed by atoms with Gasteiger partial charge in [-0.3, -0.25) is 9.59 Å². The Morgan fingerprint density at radius 2 is 2.12 bits per heavy atom. The van der Waals surface area contributed by atoms with E-state index in [-0.39, 0.29) is 18.1 Å². The molecule has 0 aromatic carbocycles. The van der Waals surface area contributed by atoms with E-state index in [1.54, 1.807) is 6.92 Å².